The van der Waals surface area contributed by atoms with Crippen molar-refractivity contribution >= 4 is 52.3 Å². The van der Waals surface area contributed by atoms with Crippen molar-refractivity contribution in [1.29, 1.82) is 0 Å². The van der Waals surface area contributed by atoms with Gasteiger partial charge in [0.05, 0.1) is 17.3 Å². The second-order valence-corrected chi connectivity index (χ2v) is 15.1. The second kappa shape index (κ2) is 8.06. The van der Waals surface area contributed by atoms with Gasteiger partial charge in [-0.2, -0.15) is 0 Å². The van der Waals surface area contributed by atoms with Crippen molar-refractivity contribution in [3.05, 3.63) is 41.1 Å². The Kier molecular flexibility index (Phi) is 5.66. The number of benzene rings is 1. The van der Waals surface area contributed by atoms with E-state index in [9.17, 15) is 0 Å². The number of rotatable bonds is 7. The maximum atomic E-state index is 6.20. The van der Waals surface area contributed by atoms with Crippen LogP contribution in [-0.2, 0) is 11.5 Å². The highest BCUT2D eigenvalue weighted by Crippen LogP contribution is 2.40. The summed E-state index contributed by atoms with van der Waals surface area (Å²) in [6.07, 6.45) is 2.07. The van der Waals surface area contributed by atoms with Crippen LogP contribution >= 0.6 is 22.9 Å². The number of hydrogen-bond donors (Lipinski definition) is 0. The standard InChI is InChI=1S/C21H24ClN3O2SSi/c1-26-20-14(5-7-17-19(20)23-12-28-17)16-11-25(13-27-9-10-29(2,3)4)21-15(16)6-8-18(22)24-21/h5-8,11-12H,9-10,13H2,1-4H3. The highest BCUT2D eigenvalue weighted by atomic mass is 35.5. The molecule has 29 heavy (non-hydrogen) atoms. The molecule has 0 atom stereocenters. The lowest BCUT2D eigenvalue weighted by Crippen LogP contribution is -2.22. The summed E-state index contributed by atoms with van der Waals surface area (Å²) in [5.41, 5.74) is 5.55. The van der Waals surface area contributed by atoms with Crippen LogP contribution < -0.4 is 4.74 Å². The van der Waals surface area contributed by atoms with Crippen LogP contribution in [0.25, 0.3) is 32.4 Å². The van der Waals surface area contributed by atoms with E-state index >= 15 is 0 Å². The summed E-state index contributed by atoms with van der Waals surface area (Å²) in [6.45, 7) is 8.24. The van der Waals surface area contributed by atoms with Gasteiger partial charge < -0.3 is 14.0 Å². The Morgan fingerprint density at radius 1 is 1.14 bits per heavy atom. The Hall–Kier alpha value is -1.93. The van der Waals surface area contributed by atoms with Gasteiger partial charge in [-0.25, -0.2) is 9.97 Å². The maximum absolute atomic E-state index is 6.20. The Morgan fingerprint density at radius 2 is 1.97 bits per heavy atom. The van der Waals surface area contributed by atoms with E-state index in [4.69, 9.17) is 21.1 Å². The fourth-order valence-electron chi connectivity index (χ4n) is 3.32. The Morgan fingerprint density at radius 3 is 2.72 bits per heavy atom. The molecule has 5 nitrogen and oxygen atoms in total. The van der Waals surface area contributed by atoms with E-state index in [1.807, 2.05) is 22.2 Å². The number of ether oxygens (including phenoxy) is 2. The van der Waals surface area contributed by atoms with Gasteiger partial charge in [0.1, 0.15) is 23.0 Å². The van der Waals surface area contributed by atoms with Crippen LogP contribution in [0.15, 0.2) is 36.0 Å². The van der Waals surface area contributed by atoms with Gasteiger partial charge >= 0.3 is 0 Å². The highest BCUT2D eigenvalue weighted by Gasteiger charge is 2.19. The van der Waals surface area contributed by atoms with Crippen LogP contribution in [0, 0.1) is 0 Å². The van der Waals surface area contributed by atoms with Gasteiger partial charge in [-0.1, -0.05) is 31.2 Å². The Labute approximate surface area is 180 Å². The van der Waals surface area contributed by atoms with E-state index < -0.39 is 8.07 Å². The minimum atomic E-state index is -1.13. The third-order valence-electron chi connectivity index (χ3n) is 4.87. The molecule has 0 aliphatic rings. The monoisotopic (exact) mass is 445 g/mol. The molecule has 4 rings (SSSR count). The zero-order valence-electron chi connectivity index (χ0n) is 17.0. The van der Waals surface area contributed by atoms with Gasteiger partial charge in [-0.05, 0) is 30.3 Å². The van der Waals surface area contributed by atoms with Gasteiger partial charge in [0, 0.05) is 37.4 Å². The zero-order valence-corrected chi connectivity index (χ0v) is 19.6. The zero-order chi connectivity index (χ0) is 20.6. The molecule has 0 N–H and O–H groups in total. The average Bonchev–Trinajstić information content (AvgIpc) is 3.28. The van der Waals surface area contributed by atoms with Crippen molar-refractivity contribution in [3.63, 3.8) is 0 Å². The highest BCUT2D eigenvalue weighted by molar-refractivity contribution is 7.16. The number of thiazole rings is 1. The number of hydrogen-bond acceptors (Lipinski definition) is 5. The molecule has 0 amide bonds. The normalized spacial score (nSPS) is 12.2. The number of pyridine rings is 1. The van der Waals surface area contributed by atoms with E-state index in [1.165, 1.54) is 0 Å². The van der Waals surface area contributed by atoms with Crippen LogP contribution in [0.3, 0.4) is 0 Å². The molecule has 1 aromatic carbocycles. The smallest absolute Gasteiger partial charge is 0.153 e. The number of halogens is 1. The topological polar surface area (TPSA) is 49.2 Å². The number of nitrogens with zero attached hydrogens (tertiary/aromatic N) is 3. The third kappa shape index (κ3) is 4.18. The number of methoxy groups -OCH3 is 1. The lowest BCUT2D eigenvalue weighted by molar-refractivity contribution is 0.0899. The third-order valence-corrected chi connectivity index (χ3v) is 7.57. The van der Waals surface area contributed by atoms with Crippen LogP contribution in [0.4, 0.5) is 0 Å². The maximum Gasteiger partial charge on any atom is 0.153 e. The lowest BCUT2D eigenvalue weighted by atomic mass is 10.0. The van der Waals surface area contributed by atoms with E-state index in [-0.39, 0.29) is 0 Å². The van der Waals surface area contributed by atoms with Crippen LogP contribution in [0.1, 0.15) is 0 Å². The summed E-state index contributed by atoms with van der Waals surface area (Å²) in [6, 6.07) is 9.11. The van der Waals surface area contributed by atoms with Crippen molar-refractivity contribution < 1.29 is 9.47 Å². The summed E-state index contributed by atoms with van der Waals surface area (Å²) in [5.74, 6) is 0.775. The fraction of sp³-hybridized carbons (Fsp3) is 0.333. The minimum absolute atomic E-state index is 0.440. The van der Waals surface area contributed by atoms with E-state index in [0.29, 0.717) is 11.9 Å². The van der Waals surface area contributed by atoms with Gasteiger partial charge in [-0.15, -0.1) is 11.3 Å². The van der Waals surface area contributed by atoms with Crippen molar-refractivity contribution in [2.45, 2.75) is 32.4 Å². The molecule has 0 saturated heterocycles. The summed E-state index contributed by atoms with van der Waals surface area (Å²) in [7, 11) is 0.555. The average molecular weight is 446 g/mol. The number of aromatic nitrogens is 3. The molecular formula is C21H24ClN3O2SSi. The Balaban J connectivity index is 1.76. The van der Waals surface area contributed by atoms with Gasteiger partial charge in [0.25, 0.3) is 0 Å². The summed E-state index contributed by atoms with van der Waals surface area (Å²) in [5, 5.41) is 1.48. The molecule has 0 fully saturated rings. The van der Waals surface area contributed by atoms with Crippen molar-refractivity contribution in [2.24, 2.45) is 0 Å². The SMILES string of the molecule is COc1c(-c2cn(COCC[Si](C)(C)C)c3nc(Cl)ccc23)ccc2scnc12. The van der Waals surface area contributed by atoms with Gasteiger partial charge in [0.15, 0.2) is 5.75 Å². The lowest BCUT2D eigenvalue weighted by Gasteiger charge is -2.15. The van der Waals surface area contributed by atoms with E-state index in [1.54, 1.807) is 18.4 Å². The minimum Gasteiger partial charge on any atom is -0.494 e. The quantitative estimate of drug-likeness (QED) is 0.190. The first-order valence-corrected chi connectivity index (χ1v) is 14.5. The molecule has 0 spiro atoms. The molecule has 0 aliphatic heterocycles. The molecule has 0 aliphatic carbocycles. The van der Waals surface area contributed by atoms with Crippen molar-refractivity contribution in [3.8, 4) is 16.9 Å². The molecule has 4 aromatic rings. The molecule has 0 radical (unpaired) electrons. The van der Waals surface area contributed by atoms with Crippen LogP contribution in [-0.4, -0.2) is 36.3 Å². The summed E-state index contributed by atoms with van der Waals surface area (Å²) >= 11 is 7.80. The first-order valence-electron chi connectivity index (χ1n) is 9.51. The largest absolute Gasteiger partial charge is 0.494 e. The number of fused-ring (bicyclic) bond motifs is 2. The Bertz CT molecular complexity index is 1170. The summed E-state index contributed by atoms with van der Waals surface area (Å²) in [4.78, 5) is 9.05. The van der Waals surface area contributed by atoms with Crippen molar-refractivity contribution in [2.75, 3.05) is 13.7 Å². The van der Waals surface area contributed by atoms with Crippen LogP contribution in [0.2, 0.25) is 30.8 Å². The summed E-state index contributed by atoms with van der Waals surface area (Å²) < 4.78 is 14.9. The molecule has 152 valence electrons. The molecule has 3 heterocycles. The van der Waals surface area contributed by atoms with Gasteiger partial charge in [0.2, 0.25) is 0 Å². The molecule has 0 bridgehead atoms. The molecule has 0 saturated carbocycles. The predicted octanol–water partition coefficient (Wildman–Crippen LogP) is 6.29. The van der Waals surface area contributed by atoms with Gasteiger partial charge in [-0.3, -0.25) is 0 Å². The fourth-order valence-corrected chi connectivity index (χ4v) is 4.90. The predicted molar refractivity (Wildman–Crippen MR) is 124 cm³/mol. The first-order chi connectivity index (χ1) is 13.9. The van der Waals surface area contributed by atoms with Crippen LogP contribution in [0.5, 0.6) is 5.75 Å². The molecule has 3 aromatic heterocycles. The molecule has 0 unspecified atom stereocenters. The first kappa shape index (κ1) is 20.3. The van der Waals surface area contributed by atoms with E-state index in [2.05, 4.69) is 47.9 Å². The van der Waals surface area contributed by atoms with Crippen molar-refractivity contribution in [1.82, 2.24) is 14.5 Å². The molecular weight excluding hydrogens is 422 g/mol. The second-order valence-electron chi connectivity index (χ2n) is 8.21. The molecule has 8 heteroatoms. The van der Waals surface area contributed by atoms with E-state index in [0.717, 1.165) is 50.8 Å².